The summed E-state index contributed by atoms with van der Waals surface area (Å²) in [6.07, 6.45) is 0. The fraction of sp³-hybridized carbons (Fsp3) is 0.111. The van der Waals surface area contributed by atoms with E-state index in [1.165, 1.54) is 0 Å². The van der Waals surface area contributed by atoms with Crippen molar-refractivity contribution in [2.24, 2.45) is 5.73 Å². The van der Waals surface area contributed by atoms with Crippen LogP contribution in [0.15, 0.2) is 24.3 Å². The van der Waals surface area contributed by atoms with E-state index in [0.29, 0.717) is 18.2 Å². The molecule has 5 nitrogen and oxygen atoms in total. The van der Waals surface area contributed by atoms with Crippen LogP contribution in [0.1, 0.15) is 5.82 Å². The number of nitrogens with two attached hydrogens (primary N) is 1. The molecule has 0 aliphatic heterocycles. The van der Waals surface area contributed by atoms with E-state index >= 15 is 0 Å². The lowest BCUT2D eigenvalue weighted by Gasteiger charge is -1.94. The van der Waals surface area contributed by atoms with Crippen LogP contribution in [-0.4, -0.2) is 20.3 Å². The Bertz CT molecular complexity index is 438. The highest BCUT2D eigenvalue weighted by molar-refractivity contribution is 5.56. The summed E-state index contributed by atoms with van der Waals surface area (Å²) in [6, 6.07) is 6.76. The molecule has 2 rings (SSSR count). The highest BCUT2D eigenvalue weighted by Crippen LogP contribution is 2.19. The van der Waals surface area contributed by atoms with E-state index in [4.69, 9.17) is 5.73 Å². The molecule has 2 aromatic rings. The number of hydrogen-bond donors (Lipinski definition) is 3. The number of nitrogens with zero attached hydrogens (tertiary/aromatic N) is 2. The number of rotatable bonds is 2. The third-order valence-electron chi connectivity index (χ3n) is 1.83. The van der Waals surface area contributed by atoms with Crippen molar-refractivity contribution in [2.75, 3.05) is 0 Å². The number of hydrogen-bond acceptors (Lipinski definition) is 4. The van der Waals surface area contributed by atoms with E-state index in [9.17, 15) is 5.11 Å². The van der Waals surface area contributed by atoms with Crippen LogP contribution < -0.4 is 5.73 Å². The van der Waals surface area contributed by atoms with Crippen LogP contribution in [0.2, 0.25) is 0 Å². The third-order valence-corrected chi connectivity index (χ3v) is 1.83. The minimum Gasteiger partial charge on any atom is -0.508 e. The van der Waals surface area contributed by atoms with Gasteiger partial charge in [0, 0.05) is 5.56 Å². The SMILES string of the molecule is NCc1nc(-c2cccc(O)c2)n[nH]1. The zero-order chi connectivity index (χ0) is 9.97. The number of nitrogens with one attached hydrogen (secondary N) is 1. The van der Waals surface area contributed by atoms with Crippen molar-refractivity contribution in [2.45, 2.75) is 6.54 Å². The van der Waals surface area contributed by atoms with Crippen LogP contribution in [-0.2, 0) is 6.54 Å². The first kappa shape index (κ1) is 8.71. The Morgan fingerprint density at radius 3 is 2.93 bits per heavy atom. The molecule has 1 aromatic carbocycles. The lowest BCUT2D eigenvalue weighted by atomic mass is 10.2. The molecule has 0 aliphatic carbocycles. The molecular weight excluding hydrogens is 180 g/mol. The molecule has 0 aliphatic rings. The molecule has 5 heteroatoms. The molecule has 1 aromatic heterocycles. The molecule has 0 fully saturated rings. The Morgan fingerprint density at radius 2 is 2.29 bits per heavy atom. The number of phenols is 1. The maximum atomic E-state index is 9.25. The van der Waals surface area contributed by atoms with Gasteiger partial charge in [-0.1, -0.05) is 12.1 Å². The van der Waals surface area contributed by atoms with Gasteiger partial charge >= 0.3 is 0 Å². The molecule has 0 amide bonds. The predicted octanol–water partition coefficient (Wildman–Crippen LogP) is 0.636. The van der Waals surface area contributed by atoms with Gasteiger partial charge in [0.15, 0.2) is 5.82 Å². The molecule has 0 atom stereocenters. The molecule has 0 saturated heterocycles. The number of aromatic hydroxyl groups is 1. The van der Waals surface area contributed by atoms with Crippen LogP contribution >= 0.6 is 0 Å². The number of H-pyrrole nitrogens is 1. The molecule has 72 valence electrons. The highest BCUT2D eigenvalue weighted by Gasteiger charge is 2.04. The average molecular weight is 190 g/mol. The van der Waals surface area contributed by atoms with Gasteiger partial charge in [-0.25, -0.2) is 4.98 Å². The van der Waals surface area contributed by atoms with E-state index in [1.54, 1.807) is 18.2 Å². The van der Waals surface area contributed by atoms with Gasteiger partial charge in [-0.15, -0.1) is 0 Å². The van der Waals surface area contributed by atoms with Crippen molar-refractivity contribution >= 4 is 0 Å². The number of phenolic OH excluding ortho intramolecular Hbond substituents is 1. The van der Waals surface area contributed by atoms with Gasteiger partial charge in [0.2, 0.25) is 0 Å². The zero-order valence-corrected chi connectivity index (χ0v) is 7.44. The van der Waals surface area contributed by atoms with E-state index in [2.05, 4.69) is 15.2 Å². The summed E-state index contributed by atoms with van der Waals surface area (Å²) in [7, 11) is 0. The second-order valence-electron chi connectivity index (χ2n) is 2.86. The monoisotopic (exact) mass is 190 g/mol. The number of aromatic amines is 1. The first-order valence-corrected chi connectivity index (χ1v) is 4.20. The first-order valence-electron chi connectivity index (χ1n) is 4.20. The predicted molar refractivity (Wildman–Crippen MR) is 51.4 cm³/mol. The Kier molecular flexibility index (Phi) is 2.16. The molecule has 0 radical (unpaired) electrons. The molecular formula is C9H10N4O. The fourth-order valence-electron chi connectivity index (χ4n) is 1.16. The summed E-state index contributed by atoms with van der Waals surface area (Å²) in [4.78, 5) is 4.14. The minimum absolute atomic E-state index is 0.196. The topological polar surface area (TPSA) is 87.8 Å². The van der Waals surface area contributed by atoms with Crippen molar-refractivity contribution < 1.29 is 5.11 Å². The molecule has 0 saturated carbocycles. The van der Waals surface area contributed by atoms with Crippen LogP contribution in [0.4, 0.5) is 0 Å². The van der Waals surface area contributed by atoms with Crippen LogP contribution in [0.3, 0.4) is 0 Å². The van der Waals surface area contributed by atoms with Gasteiger partial charge in [-0.2, -0.15) is 5.10 Å². The average Bonchev–Trinajstić information content (AvgIpc) is 2.66. The smallest absolute Gasteiger partial charge is 0.181 e. The Balaban J connectivity index is 2.39. The lowest BCUT2D eigenvalue weighted by Crippen LogP contribution is -1.97. The Morgan fingerprint density at radius 1 is 1.43 bits per heavy atom. The van der Waals surface area contributed by atoms with E-state index in [0.717, 1.165) is 5.56 Å². The standard InChI is InChI=1S/C9H10N4O/c10-5-8-11-9(13-12-8)6-2-1-3-7(14)4-6/h1-4,14H,5,10H2,(H,11,12,13). The second kappa shape index (κ2) is 3.47. The summed E-state index contributed by atoms with van der Waals surface area (Å²) < 4.78 is 0. The van der Waals surface area contributed by atoms with Crippen LogP contribution in [0, 0.1) is 0 Å². The molecule has 0 unspecified atom stereocenters. The molecule has 0 bridgehead atoms. The van der Waals surface area contributed by atoms with Crippen molar-refractivity contribution in [3.05, 3.63) is 30.1 Å². The molecule has 0 spiro atoms. The van der Waals surface area contributed by atoms with E-state index in [1.807, 2.05) is 6.07 Å². The maximum absolute atomic E-state index is 9.25. The second-order valence-corrected chi connectivity index (χ2v) is 2.86. The summed E-state index contributed by atoms with van der Waals surface area (Å²) in [5.41, 5.74) is 6.15. The summed E-state index contributed by atoms with van der Waals surface area (Å²) >= 11 is 0. The molecule has 1 heterocycles. The van der Waals surface area contributed by atoms with Crippen molar-refractivity contribution in [3.8, 4) is 17.1 Å². The Hall–Kier alpha value is -1.88. The summed E-state index contributed by atoms with van der Waals surface area (Å²) in [5, 5.41) is 15.9. The fourth-order valence-corrected chi connectivity index (χ4v) is 1.16. The van der Waals surface area contributed by atoms with E-state index in [-0.39, 0.29) is 5.75 Å². The minimum atomic E-state index is 0.196. The highest BCUT2D eigenvalue weighted by atomic mass is 16.3. The normalized spacial score (nSPS) is 10.4. The van der Waals surface area contributed by atoms with Crippen LogP contribution in [0.5, 0.6) is 5.75 Å². The number of aromatic nitrogens is 3. The van der Waals surface area contributed by atoms with Gasteiger partial charge in [0.1, 0.15) is 11.6 Å². The quantitative estimate of drug-likeness (QED) is 0.648. The largest absolute Gasteiger partial charge is 0.508 e. The summed E-state index contributed by atoms with van der Waals surface area (Å²) in [5.74, 6) is 1.37. The first-order chi connectivity index (χ1) is 6.79. The Labute approximate surface area is 80.6 Å². The molecule has 14 heavy (non-hydrogen) atoms. The number of benzene rings is 1. The summed E-state index contributed by atoms with van der Waals surface area (Å²) in [6.45, 7) is 0.325. The van der Waals surface area contributed by atoms with Crippen molar-refractivity contribution in [1.82, 2.24) is 15.2 Å². The van der Waals surface area contributed by atoms with Gasteiger partial charge in [-0.05, 0) is 12.1 Å². The molecule has 4 N–H and O–H groups in total. The third kappa shape index (κ3) is 1.57. The van der Waals surface area contributed by atoms with Crippen molar-refractivity contribution in [3.63, 3.8) is 0 Å². The maximum Gasteiger partial charge on any atom is 0.181 e. The van der Waals surface area contributed by atoms with Gasteiger partial charge in [-0.3, -0.25) is 5.10 Å². The zero-order valence-electron chi connectivity index (χ0n) is 7.44. The van der Waals surface area contributed by atoms with Crippen LogP contribution in [0.25, 0.3) is 11.4 Å². The van der Waals surface area contributed by atoms with Gasteiger partial charge < -0.3 is 10.8 Å². The lowest BCUT2D eigenvalue weighted by molar-refractivity contribution is 0.475. The van der Waals surface area contributed by atoms with Gasteiger partial charge in [0.05, 0.1) is 6.54 Å². The van der Waals surface area contributed by atoms with E-state index < -0.39 is 0 Å². The van der Waals surface area contributed by atoms with Crippen molar-refractivity contribution in [1.29, 1.82) is 0 Å². The van der Waals surface area contributed by atoms with Gasteiger partial charge in [0.25, 0.3) is 0 Å².